The number of hydrogen-bond donors (Lipinski definition) is 2. The van der Waals surface area contributed by atoms with E-state index in [2.05, 4.69) is 11.1 Å². The molecule has 0 aliphatic carbocycles. The summed E-state index contributed by atoms with van der Waals surface area (Å²) >= 11 is 0. The fraction of sp³-hybridized carbons (Fsp3) is 0.667. The van der Waals surface area contributed by atoms with Gasteiger partial charge in [-0.2, -0.15) is 0 Å². The molecule has 0 bridgehead atoms. The van der Waals surface area contributed by atoms with E-state index in [1.54, 1.807) is 0 Å². The van der Waals surface area contributed by atoms with Crippen LogP contribution in [0.4, 0.5) is 0 Å². The van der Waals surface area contributed by atoms with Crippen molar-refractivity contribution in [2.75, 3.05) is 0 Å². The first-order valence-electron chi connectivity index (χ1n) is 0.667. The molecule has 0 spiro atoms. The molecule has 0 heterocycles. The summed E-state index contributed by atoms with van der Waals surface area (Å²) in [5, 5.41) is 4.50. The van der Waals surface area contributed by atoms with Gasteiger partial charge in [-0.3, -0.25) is 11.1 Å². The van der Waals surface area contributed by atoms with E-state index in [0.29, 0.717) is 0 Å². The minimum Gasteiger partial charge on any atom is -0.294 e. The number of hydrogen-bond acceptors (Lipinski definition) is 0. The zero-order valence-corrected chi connectivity index (χ0v) is 5.15. The molecule has 0 aromatic carbocycles. The van der Waals surface area contributed by atoms with Crippen molar-refractivity contribution in [3.8, 4) is 0 Å². The molecule has 0 aromatic heterocycles. The Hall–Kier alpha value is 0.574. The van der Waals surface area contributed by atoms with E-state index in [1.807, 2.05) is 0 Å². The van der Waals surface area contributed by atoms with Gasteiger partial charge in [0.05, 0.1) is 0 Å². The first-order chi connectivity index (χ1) is 1.41. The van der Waals surface area contributed by atoms with Crippen molar-refractivity contribution in [3.05, 3.63) is 0 Å². The van der Waals surface area contributed by atoms with Gasteiger partial charge in [0.1, 0.15) is 0 Å². The summed E-state index contributed by atoms with van der Waals surface area (Å²) < 4.78 is 0. The van der Waals surface area contributed by atoms with Crippen molar-refractivity contribution in [2.24, 2.45) is 5.73 Å². The van der Waals surface area contributed by atoms with Crippen molar-refractivity contribution < 1.29 is 38.1 Å². The molecule has 2 nitrogen and oxygen atoms in total. The van der Waals surface area contributed by atoms with Gasteiger partial charge in [-0.25, -0.2) is 0 Å². The summed E-state index contributed by atoms with van der Waals surface area (Å²) in [6, 6.07) is 0. The predicted octanol–water partition coefficient (Wildman–Crippen LogP) is -0.998. The van der Waals surface area contributed by atoms with Crippen LogP contribution in [-0.2, 0) is 32.7 Å². The van der Waals surface area contributed by atoms with E-state index in [-0.39, 0.29) is 47.6 Å². The van der Waals surface area contributed by atoms with Crippen LogP contribution in [0.25, 0.3) is 0 Å². The topological polar surface area (TPSA) is 51.6 Å². The van der Waals surface area contributed by atoms with E-state index < -0.39 is 0 Å². The van der Waals surface area contributed by atoms with Crippen LogP contribution in [0.3, 0.4) is 0 Å². The Balaban J connectivity index is -0.00000000667. The van der Waals surface area contributed by atoms with E-state index in [4.69, 9.17) is 0 Å². The molecule has 0 unspecified atom stereocenters. The molecule has 37 valence electrons. The Morgan fingerprint density at radius 2 is 1.33 bits per heavy atom. The fourth-order valence-electron chi connectivity index (χ4n) is 0. The second-order valence-electron chi connectivity index (χ2n) is 0.192. The minimum absolute atomic E-state index is 0. The van der Waals surface area contributed by atoms with Crippen LogP contribution in [0, 0.1) is 0 Å². The molecule has 0 fully saturated rings. The van der Waals surface area contributed by atoms with Gasteiger partial charge < -0.3 is 0 Å². The Morgan fingerprint density at radius 1 is 1.33 bits per heavy atom. The summed E-state index contributed by atoms with van der Waals surface area (Å²) in [7, 11) is 0. The first kappa shape index (κ1) is 30.8. The largest absolute Gasteiger partial charge is 0.294 e. The van der Waals surface area contributed by atoms with Gasteiger partial charge in [-0.1, -0.05) is 14.9 Å². The maximum Gasteiger partial charge on any atom is 0.225 e. The zero-order valence-electron chi connectivity index (χ0n) is 2.31. The first-order valence-corrected chi connectivity index (χ1v) is 0.667. The molecule has 0 saturated carbocycles. The molecule has 6 heavy (non-hydrogen) atoms. The second kappa shape index (κ2) is 47.1. The SMILES string of the molecule is C.C.NC=[NH2+].[Y]. The molecule has 0 saturated heterocycles. The van der Waals surface area contributed by atoms with Crippen molar-refractivity contribution in [1.82, 2.24) is 0 Å². The monoisotopic (exact) mass is 166 g/mol. The van der Waals surface area contributed by atoms with E-state index in [1.165, 1.54) is 0 Å². The molecular weight excluding hydrogens is 153 g/mol. The van der Waals surface area contributed by atoms with Crippen LogP contribution < -0.4 is 11.1 Å². The second-order valence-corrected chi connectivity index (χ2v) is 0.192. The normalized spacial score (nSPS) is 2.00. The van der Waals surface area contributed by atoms with Crippen molar-refractivity contribution in [1.29, 1.82) is 0 Å². The van der Waals surface area contributed by atoms with Gasteiger partial charge in [-0.15, -0.1) is 0 Å². The quantitative estimate of drug-likeness (QED) is 0.352. The van der Waals surface area contributed by atoms with Crippen molar-refractivity contribution >= 4 is 6.34 Å². The van der Waals surface area contributed by atoms with Crippen LogP contribution in [0.15, 0.2) is 0 Å². The summed E-state index contributed by atoms with van der Waals surface area (Å²) in [5.74, 6) is 0. The third-order valence-electron chi connectivity index (χ3n) is 0. The standard InChI is InChI=1S/CH4N2.2CH4.Y/c2-1-3;;;/h1H,(H3,2,3);2*1H4;/p+1. The van der Waals surface area contributed by atoms with Crippen LogP contribution >= 0.6 is 0 Å². The third-order valence-corrected chi connectivity index (χ3v) is 0. The maximum atomic E-state index is 4.50. The molecule has 4 N–H and O–H groups in total. The van der Waals surface area contributed by atoms with E-state index >= 15 is 0 Å². The van der Waals surface area contributed by atoms with Crippen LogP contribution in [-0.4, -0.2) is 6.34 Å². The minimum atomic E-state index is 0. The van der Waals surface area contributed by atoms with Crippen LogP contribution in [0.2, 0.25) is 0 Å². The van der Waals surface area contributed by atoms with E-state index in [0.717, 1.165) is 6.34 Å². The molecule has 0 aromatic rings. The Morgan fingerprint density at radius 3 is 1.33 bits per heavy atom. The van der Waals surface area contributed by atoms with Gasteiger partial charge in [0, 0.05) is 32.7 Å². The Kier molecular flexibility index (Phi) is 242. The molecule has 1 radical (unpaired) electrons. The average Bonchev–Trinajstić information content (AvgIpc) is 0.918. The molecule has 3 heteroatoms. The smallest absolute Gasteiger partial charge is 0.225 e. The Bertz CT molecular complexity index is 16.3. The van der Waals surface area contributed by atoms with Crippen LogP contribution in [0.5, 0.6) is 0 Å². The molecule has 0 amide bonds. The zero-order chi connectivity index (χ0) is 2.71. The molecule has 0 aliphatic heterocycles. The van der Waals surface area contributed by atoms with Gasteiger partial charge in [0.2, 0.25) is 6.34 Å². The molecular formula is C3H13N2Y+. The summed E-state index contributed by atoms with van der Waals surface area (Å²) in [5.41, 5.74) is 4.50. The predicted molar refractivity (Wildman–Crippen MR) is 25.6 cm³/mol. The van der Waals surface area contributed by atoms with Crippen molar-refractivity contribution in [2.45, 2.75) is 14.9 Å². The average molecular weight is 166 g/mol. The number of nitrogens with two attached hydrogens (primary N) is 2. The van der Waals surface area contributed by atoms with Crippen molar-refractivity contribution in [3.63, 3.8) is 0 Å². The summed E-state index contributed by atoms with van der Waals surface area (Å²) in [6.07, 6.45) is 1.00. The van der Waals surface area contributed by atoms with E-state index in [9.17, 15) is 0 Å². The van der Waals surface area contributed by atoms with Gasteiger partial charge in [0.15, 0.2) is 0 Å². The number of rotatable bonds is 0. The summed E-state index contributed by atoms with van der Waals surface area (Å²) in [6.45, 7) is 0. The van der Waals surface area contributed by atoms with Gasteiger partial charge >= 0.3 is 0 Å². The third kappa shape index (κ3) is 177. The van der Waals surface area contributed by atoms with Gasteiger partial charge in [0.25, 0.3) is 0 Å². The molecule has 0 atom stereocenters. The van der Waals surface area contributed by atoms with Gasteiger partial charge in [-0.05, 0) is 0 Å². The molecule has 0 rings (SSSR count). The van der Waals surface area contributed by atoms with Crippen LogP contribution in [0.1, 0.15) is 14.9 Å². The Labute approximate surface area is 64.9 Å². The molecule has 0 aliphatic rings. The fourth-order valence-corrected chi connectivity index (χ4v) is 0. The maximum absolute atomic E-state index is 4.50. The summed E-state index contributed by atoms with van der Waals surface area (Å²) in [4.78, 5) is 0.